The van der Waals surface area contributed by atoms with E-state index in [1.165, 1.54) is 43.9 Å². The van der Waals surface area contributed by atoms with Crippen LogP contribution >= 0.6 is 11.8 Å². The molecule has 0 bridgehead atoms. The number of carboxylic acid groups (broad SMARTS) is 1. The third-order valence-electron chi connectivity index (χ3n) is 3.59. The molecule has 1 saturated carbocycles. The highest BCUT2D eigenvalue weighted by atomic mass is 32.2. The lowest BCUT2D eigenvalue weighted by Crippen LogP contribution is -2.15. The van der Waals surface area contributed by atoms with E-state index in [1.54, 1.807) is 0 Å². The maximum absolute atomic E-state index is 10.7. The van der Waals surface area contributed by atoms with Crippen LogP contribution in [0.4, 0.5) is 0 Å². The molecular formula is C14H23N3O2S. The molecule has 1 fully saturated rings. The SMILES string of the molecule is CC(C)Cn1c(SCC(=O)O)nnc1C1CCCCC1. The lowest BCUT2D eigenvalue weighted by molar-refractivity contribution is -0.133. The minimum absolute atomic E-state index is 0.0426. The molecule has 0 unspecified atom stereocenters. The Hall–Kier alpha value is -1.04. The molecule has 6 heteroatoms. The molecule has 0 spiro atoms. The molecule has 0 saturated heterocycles. The number of aromatic nitrogens is 3. The Morgan fingerprint density at radius 3 is 2.65 bits per heavy atom. The minimum atomic E-state index is -0.812. The fourth-order valence-electron chi connectivity index (χ4n) is 2.73. The van der Waals surface area contributed by atoms with E-state index < -0.39 is 5.97 Å². The Labute approximate surface area is 124 Å². The summed E-state index contributed by atoms with van der Waals surface area (Å²) in [6, 6.07) is 0. The predicted molar refractivity (Wildman–Crippen MR) is 79.0 cm³/mol. The van der Waals surface area contributed by atoms with Gasteiger partial charge in [-0.2, -0.15) is 0 Å². The molecule has 112 valence electrons. The van der Waals surface area contributed by atoms with Gasteiger partial charge < -0.3 is 9.67 Å². The van der Waals surface area contributed by atoms with Crippen LogP contribution in [0.15, 0.2) is 5.16 Å². The van der Waals surface area contributed by atoms with Gasteiger partial charge in [-0.3, -0.25) is 4.79 Å². The fourth-order valence-corrected chi connectivity index (χ4v) is 3.41. The van der Waals surface area contributed by atoms with E-state index in [0.29, 0.717) is 11.8 Å². The summed E-state index contributed by atoms with van der Waals surface area (Å²) in [5.74, 6) is 1.28. The average Bonchev–Trinajstić information content (AvgIpc) is 2.79. The molecule has 20 heavy (non-hydrogen) atoms. The second-order valence-corrected chi connectivity index (χ2v) is 6.81. The second-order valence-electron chi connectivity index (χ2n) is 5.86. The van der Waals surface area contributed by atoms with Crippen molar-refractivity contribution >= 4 is 17.7 Å². The highest BCUT2D eigenvalue weighted by Gasteiger charge is 2.24. The molecule has 0 amide bonds. The summed E-state index contributed by atoms with van der Waals surface area (Å²) < 4.78 is 2.15. The second kappa shape index (κ2) is 7.11. The van der Waals surface area contributed by atoms with E-state index >= 15 is 0 Å². The summed E-state index contributed by atoms with van der Waals surface area (Å²) in [7, 11) is 0. The number of carboxylic acids is 1. The highest BCUT2D eigenvalue weighted by molar-refractivity contribution is 7.99. The molecule has 1 aliphatic rings. The first-order valence-electron chi connectivity index (χ1n) is 7.35. The third-order valence-corrected chi connectivity index (χ3v) is 4.54. The van der Waals surface area contributed by atoms with Gasteiger partial charge in [-0.1, -0.05) is 44.9 Å². The Morgan fingerprint density at radius 2 is 2.05 bits per heavy atom. The van der Waals surface area contributed by atoms with Crippen molar-refractivity contribution in [1.29, 1.82) is 0 Å². The first kappa shape index (κ1) is 15.4. The molecule has 1 aliphatic carbocycles. The summed E-state index contributed by atoms with van der Waals surface area (Å²) in [5, 5.41) is 18.2. The number of hydrogen-bond donors (Lipinski definition) is 1. The van der Waals surface area contributed by atoms with Crippen LogP contribution in [0.2, 0.25) is 0 Å². The van der Waals surface area contributed by atoms with Crippen LogP contribution in [0.25, 0.3) is 0 Å². The van der Waals surface area contributed by atoms with Gasteiger partial charge in [0.15, 0.2) is 5.16 Å². The molecule has 5 nitrogen and oxygen atoms in total. The van der Waals surface area contributed by atoms with Gasteiger partial charge in [-0.05, 0) is 18.8 Å². The third kappa shape index (κ3) is 3.98. The zero-order chi connectivity index (χ0) is 14.5. The topological polar surface area (TPSA) is 68.0 Å². The van der Waals surface area contributed by atoms with Gasteiger partial charge in [0, 0.05) is 12.5 Å². The van der Waals surface area contributed by atoms with Crippen molar-refractivity contribution in [2.45, 2.75) is 63.6 Å². The van der Waals surface area contributed by atoms with Crippen LogP contribution < -0.4 is 0 Å². The van der Waals surface area contributed by atoms with Crippen LogP contribution in [0, 0.1) is 5.92 Å². The summed E-state index contributed by atoms with van der Waals surface area (Å²) >= 11 is 1.27. The molecule has 2 rings (SSSR count). The molecule has 0 atom stereocenters. The van der Waals surface area contributed by atoms with Crippen molar-refractivity contribution in [1.82, 2.24) is 14.8 Å². The average molecular weight is 297 g/mol. The summed E-state index contributed by atoms with van der Waals surface area (Å²) in [6.45, 7) is 5.19. The molecule has 1 heterocycles. The molecule has 0 radical (unpaired) electrons. The van der Waals surface area contributed by atoms with Crippen LogP contribution in [0.5, 0.6) is 0 Å². The molecule has 1 N–H and O–H groups in total. The number of thioether (sulfide) groups is 1. The van der Waals surface area contributed by atoms with Gasteiger partial charge in [0.05, 0.1) is 5.75 Å². The number of carbonyl (C=O) groups is 1. The van der Waals surface area contributed by atoms with E-state index in [-0.39, 0.29) is 5.75 Å². The van der Waals surface area contributed by atoms with Gasteiger partial charge >= 0.3 is 5.97 Å². The molecule has 0 aromatic carbocycles. The Morgan fingerprint density at radius 1 is 1.35 bits per heavy atom. The van der Waals surface area contributed by atoms with Crippen LogP contribution in [0.1, 0.15) is 57.7 Å². The molecular weight excluding hydrogens is 274 g/mol. The quantitative estimate of drug-likeness (QED) is 0.817. The minimum Gasteiger partial charge on any atom is -0.481 e. The Bertz CT molecular complexity index is 453. The van der Waals surface area contributed by atoms with Gasteiger partial charge in [0.1, 0.15) is 5.82 Å². The normalized spacial score (nSPS) is 16.8. The van der Waals surface area contributed by atoms with Crippen molar-refractivity contribution < 1.29 is 9.90 Å². The summed E-state index contributed by atoms with van der Waals surface area (Å²) in [6.07, 6.45) is 6.20. The number of aliphatic carboxylic acids is 1. The summed E-state index contributed by atoms with van der Waals surface area (Å²) in [4.78, 5) is 10.7. The zero-order valence-corrected chi connectivity index (χ0v) is 13.0. The van der Waals surface area contributed by atoms with Crippen molar-refractivity contribution in [3.63, 3.8) is 0 Å². The van der Waals surface area contributed by atoms with Crippen molar-refractivity contribution in [2.24, 2.45) is 5.92 Å². The van der Waals surface area contributed by atoms with E-state index in [9.17, 15) is 4.79 Å². The first-order chi connectivity index (χ1) is 9.58. The van der Waals surface area contributed by atoms with Crippen LogP contribution in [-0.4, -0.2) is 31.6 Å². The van der Waals surface area contributed by atoms with E-state index in [0.717, 1.165) is 17.5 Å². The standard InChI is InChI=1S/C14H23N3O2S/c1-10(2)8-17-13(11-6-4-3-5-7-11)15-16-14(17)20-9-12(18)19/h10-11H,3-9H2,1-2H3,(H,18,19). The largest absolute Gasteiger partial charge is 0.481 e. The van der Waals surface area contributed by atoms with Crippen molar-refractivity contribution in [3.8, 4) is 0 Å². The summed E-state index contributed by atoms with van der Waals surface area (Å²) in [5.41, 5.74) is 0. The number of rotatable bonds is 6. The van der Waals surface area contributed by atoms with Gasteiger partial charge in [0.25, 0.3) is 0 Å². The molecule has 1 aromatic rings. The molecule has 0 aliphatic heterocycles. The molecule has 1 aromatic heterocycles. The van der Waals surface area contributed by atoms with Gasteiger partial charge in [-0.15, -0.1) is 10.2 Å². The first-order valence-corrected chi connectivity index (χ1v) is 8.34. The van der Waals surface area contributed by atoms with Crippen molar-refractivity contribution in [2.75, 3.05) is 5.75 Å². The van der Waals surface area contributed by atoms with Crippen molar-refractivity contribution in [3.05, 3.63) is 5.82 Å². The maximum Gasteiger partial charge on any atom is 0.313 e. The fraction of sp³-hybridized carbons (Fsp3) is 0.786. The highest BCUT2D eigenvalue weighted by Crippen LogP contribution is 2.33. The smallest absolute Gasteiger partial charge is 0.313 e. The van der Waals surface area contributed by atoms with Gasteiger partial charge in [-0.25, -0.2) is 0 Å². The van der Waals surface area contributed by atoms with E-state index in [2.05, 4.69) is 28.6 Å². The van der Waals surface area contributed by atoms with E-state index in [1.807, 2.05) is 0 Å². The zero-order valence-electron chi connectivity index (χ0n) is 12.2. The lowest BCUT2D eigenvalue weighted by Gasteiger charge is -2.22. The van der Waals surface area contributed by atoms with Crippen LogP contribution in [0.3, 0.4) is 0 Å². The monoisotopic (exact) mass is 297 g/mol. The van der Waals surface area contributed by atoms with Gasteiger partial charge in [0.2, 0.25) is 0 Å². The Kier molecular flexibility index (Phi) is 5.46. The maximum atomic E-state index is 10.7. The lowest BCUT2D eigenvalue weighted by atomic mass is 9.88. The number of hydrogen-bond acceptors (Lipinski definition) is 4. The van der Waals surface area contributed by atoms with Crippen LogP contribution in [-0.2, 0) is 11.3 Å². The Balaban J connectivity index is 2.19. The predicted octanol–water partition coefficient (Wildman–Crippen LogP) is 3.16. The number of nitrogens with zero attached hydrogens (tertiary/aromatic N) is 3. The van der Waals surface area contributed by atoms with E-state index in [4.69, 9.17) is 5.11 Å².